The van der Waals surface area contributed by atoms with Gasteiger partial charge in [-0.3, -0.25) is 14.2 Å². The summed E-state index contributed by atoms with van der Waals surface area (Å²) in [6.07, 6.45) is 2.66. The molecule has 0 saturated heterocycles. The summed E-state index contributed by atoms with van der Waals surface area (Å²) in [7, 11) is 0. The molecule has 3 heterocycles. The summed E-state index contributed by atoms with van der Waals surface area (Å²) >= 11 is 2.66. The molecule has 0 saturated carbocycles. The van der Waals surface area contributed by atoms with Crippen molar-refractivity contribution in [2.75, 3.05) is 12.3 Å². The van der Waals surface area contributed by atoms with Gasteiger partial charge in [0.25, 0.3) is 5.56 Å². The lowest BCUT2D eigenvalue weighted by Crippen LogP contribution is -2.28. The van der Waals surface area contributed by atoms with Gasteiger partial charge in [0.15, 0.2) is 5.16 Å². The number of carbonyl (C=O) groups is 1. The number of fused-ring (bicyclic) bond motifs is 3. The molecule has 1 N–H and O–H groups in total. The molecule has 0 unspecified atom stereocenters. The summed E-state index contributed by atoms with van der Waals surface area (Å²) in [5.74, 6) is 0.696. The molecule has 0 spiro atoms. The third-order valence-corrected chi connectivity index (χ3v) is 6.94. The molecule has 6 nitrogen and oxygen atoms in total. The molecule has 1 amide bonds. The van der Waals surface area contributed by atoms with Crippen LogP contribution in [0.5, 0.6) is 0 Å². The van der Waals surface area contributed by atoms with Crippen LogP contribution in [0, 0.1) is 5.92 Å². The van der Waals surface area contributed by atoms with Crippen LogP contribution in [-0.4, -0.2) is 32.7 Å². The number of aromatic nitrogens is 3. The van der Waals surface area contributed by atoms with Crippen LogP contribution in [0.4, 0.5) is 0 Å². The first-order chi connectivity index (χ1) is 15.0. The highest BCUT2D eigenvalue weighted by Gasteiger charge is 2.18. The van der Waals surface area contributed by atoms with Gasteiger partial charge in [-0.1, -0.05) is 55.9 Å². The lowest BCUT2D eigenvalue weighted by atomic mass is 10.1. The fourth-order valence-corrected chi connectivity index (χ4v) is 5.09. The Kier molecular flexibility index (Phi) is 6.67. The largest absolute Gasteiger partial charge is 0.355 e. The molecule has 0 aliphatic rings. The summed E-state index contributed by atoms with van der Waals surface area (Å²) in [5, 5.41) is 4.36. The number of thioether (sulfide) groups is 1. The number of nitrogens with one attached hydrogen (secondary N) is 1. The van der Waals surface area contributed by atoms with Crippen LogP contribution in [-0.2, 0) is 11.3 Å². The first kappa shape index (κ1) is 21.5. The highest BCUT2D eigenvalue weighted by molar-refractivity contribution is 7.99. The average Bonchev–Trinajstić information content (AvgIpc) is 3.14. The number of nitrogens with zero attached hydrogens (tertiary/aromatic N) is 3. The van der Waals surface area contributed by atoms with Crippen LogP contribution in [0.2, 0.25) is 0 Å². The smallest absolute Gasteiger partial charge is 0.272 e. The van der Waals surface area contributed by atoms with E-state index in [4.69, 9.17) is 4.98 Å². The fraction of sp³-hybridized carbons (Fsp3) is 0.304. The number of carbonyl (C=O) groups excluding carboxylic acids is 1. The number of benzene rings is 1. The van der Waals surface area contributed by atoms with E-state index >= 15 is 0 Å². The molecular formula is C23H24N4O2S2. The predicted molar refractivity (Wildman–Crippen MR) is 128 cm³/mol. The second-order valence-corrected chi connectivity index (χ2v) is 9.67. The van der Waals surface area contributed by atoms with Crippen LogP contribution >= 0.6 is 23.1 Å². The molecule has 0 atom stereocenters. The van der Waals surface area contributed by atoms with Gasteiger partial charge >= 0.3 is 0 Å². The summed E-state index contributed by atoms with van der Waals surface area (Å²) in [6.45, 7) is 5.31. The fourth-order valence-electron chi connectivity index (χ4n) is 3.24. The molecule has 31 heavy (non-hydrogen) atoms. The maximum atomic E-state index is 13.4. The van der Waals surface area contributed by atoms with E-state index in [1.54, 1.807) is 10.8 Å². The molecule has 4 rings (SSSR count). The zero-order chi connectivity index (χ0) is 21.8. The molecule has 8 heteroatoms. The van der Waals surface area contributed by atoms with Crippen LogP contribution in [0.3, 0.4) is 0 Å². The quantitative estimate of drug-likeness (QED) is 0.318. The van der Waals surface area contributed by atoms with E-state index in [-0.39, 0.29) is 17.2 Å². The maximum Gasteiger partial charge on any atom is 0.272 e. The number of thiophene rings is 1. The highest BCUT2D eigenvalue weighted by Crippen LogP contribution is 2.30. The standard InChI is InChI=1S/C23H24N4O2S2/c1-15(2)10-12-24-18(28)14-30-23-26-19-17-9-6-11-25-21(17)31-20(19)22(29)27(23)13-16-7-4-3-5-8-16/h3-9,11,15H,10,12-14H2,1-2H3,(H,24,28). The SMILES string of the molecule is CC(C)CCNC(=O)CSc1nc2c(sc3ncccc32)c(=O)n1Cc1ccccc1. The van der Waals surface area contributed by atoms with Crippen molar-refractivity contribution in [3.8, 4) is 0 Å². The molecular weight excluding hydrogens is 428 g/mol. The topological polar surface area (TPSA) is 76.9 Å². The normalized spacial score (nSPS) is 11.5. The van der Waals surface area contributed by atoms with Crippen LogP contribution < -0.4 is 10.9 Å². The van der Waals surface area contributed by atoms with Gasteiger partial charge in [0.2, 0.25) is 5.91 Å². The van der Waals surface area contributed by atoms with E-state index in [9.17, 15) is 9.59 Å². The van der Waals surface area contributed by atoms with E-state index in [0.717, 1.165) is 22.2 Å². The zero-order valence-corrected chi connectivity index (χ0v) is 19.1. The molecule has 0 bridgehead atoms. The van der Waals surface area contributed by atoms with E-state index in [1.807, 2.05) is 42.5 Å². The minimum absolute atomic E-state index is 0.0527. The summed E-state index contributed by atoms with van der Waals surface area (Å²) in [4.78, 5) is 35.7. The first-order valence-electron chi connectivity index (χ1n) is 10.2. The lowest BCUT2D eigenvalue weighted by molar-refractivity contribution is -0.118. The molecule has 4 aromatic rings. The number of hydrogen-bond donors (Lipinski definition) is 1. The summed E-state index contributed by atoms with van der Waals surface area (Å²) in [6, 6.07) is 13.6. The summed E-state index contributed by atoms with van der Waals surface area (Å²) in [5.41, 5.74) is 1.57. The van der Waals surface area contributed by atoms with Gasteiger partial charge in [-0.2, -0.15) is 0 Å². The number of amides is 1. The first-order valence-corrected chi connectivity index (χ1v) is 12.0. The molecule has 160 valence electrons. The molecule has 1 aromatic carbocycles. The summed E-state index contributed by atoms with van der Waals surface area (Å²) < 4.78 is 2.26. The molecule has 0 fully saturated rings. The van der Waals surface area contributed by atoms with Gasteiger partial charge in [0, 0.05) is 18.1 Å². The van der Waals surface area contributed by atoms with Crippen molar-refractivity contribution in [3.05, 3.63) is 64.6 Å². The molecule has 3 aromatic heterocycles. The van der Waals surface area contributed by atoms with Crippen molar-refractivity contribution >= 4 is 49.4 Å². The number of hydrogen-bond acceptors (Lipinski definition) is 6. The van der Waals surface area contributed by atoms with Crippen LogP contribution in [0.1, 0.15) is 25.8 Å². The van der Waals surface area contributed by atoms with Crippen molar-refractivity contribution < 1.29 is 4.79 Å². The monoisotopic (exact) mass is 452 g/mol. The molecule has 0 aliphatic carbocycles. The van der Waals surface area contributed by atoms with Gasteiger partial charge in [-0.15, -0.1) is 11.3 Å². The van der Waals surface area contributed by atoms with Crippen molar-refractivity contribution in [2.24, 2.45) is 5.92 Å². The minimum Gasteiger partial charge on any atom is -0.355 e. The third-order valence-electron chi connectivity index (χ3n) is 4.88. The minimum atomic E-state index is -0.0976. The van der Waals surface area contributed by atoms with Crippen LogP contribution in [0.25, 0.3) is 20.4 Å². The average molecular weight is 453 g/mol. The Bertz CT molecular complexity index is 1270. The molecule has 0 aliphatic heterocycles. The van der Waals surface area contributed by atoms with E-state index in [1.165, 1.54) is 23.1 Å². The molecule has 0 radical (unpaired) electrons. The Morgan fingerprint density at radius 3 is 2.77 bits per heavy atom. The third kappa shape index (κ3) is 4.97. The predicted octanol–water partition coefficient (Wildman–Crippen LogP) is 4.31. The maximum absolute atomic E-state index is 13.4. The van der Waals surface area contributed by atoms with Crippen molar-refractivity contribution in [2.45, 2.75) is 32.0 Å². The number of pyridine rings is 1. The van der Waals surface area contributed by atoms with Gasteiger partial charge in [0.05, 0.1) is 17.8 Å². The van der Waals surface area contributed by atoms with Crippen LogP contribution in [0.15, 0.2) is 58.6 Å². The van der Waals surface area contributed by atoms with E-state index < -0.39 is 0 Å². The van der Waals surface area contributed by atoms with E-state index in [0.29, 0.717) is 34.4 Å². The van der Waals surface area contributed by atoms with Crippen molar-refractivity contribution in [1.82, 2.24) is 19.9 Å². The Labute approximate surface area is 188 Å². The van der Waals surface area contributed by atoms with Gasteiger partial charge in [-0.25, -0.2) is 9.97 Å². The van der Waals surface area contributed by atoms with Crippen molar-refractivity contribution in [3.63, 3.8) is 0 Å². The Morgan fingerprint density at radius 1 is 1.19 bits per heavy atom. The lowest BCUT2D eigenvalue weighted by Gasteiger charge is -2.12. The van der Waals surface area contributed by atoms with Crippen molar-refractivity contribution in [1.29, 1.82) is 0 Å². The van der Waals surface area contributed by atoms with Gasteiger partial charge < -0.3 is 5.32 Å². The second kappa shape index (κ2) is 9.62. The zero-order valence-electron chi connectivity index (χ0n) is 17.5. The Balaban J connectivity index is 1.68. The van der Waals surface area contributed by atoms with E-state index in [2.05, 4.69) is 24.1 Å². The number of rotatable bonds is 8. The second-order valence-electron chi connectivity index (χ2n) is 7.73. The Hall–Kier alpha value is -2.71. The van der Waals surface area contributed by atoms with Gasteiger partial charge in [0.1, 0.15) is 9.53 Å². The Morgan fingerprint density at radius 2 is 2.00 bits per heavy atom. The highest BCUT2D eigenvalue weighted by atomic mass is 32.2. The van der Waals surface area contributed by atoms with Gasteiger partial charge in [-0.05, 0) is 30.0 Å².